The predicted molar refractivity (Wildman–Crippen MR) is 84.0 cm³/mol. The molecule has 2 unspecified atom stereocenters. The molecule has 0 saturated heterocycles. The van der Waals surface area contributed by atoms with Gasteiger partial charge in [-0.1, -0.05) is 30.3 Å². The molecule has 4 N–H and O–H groups in total. The Bertz CT molecular complexity index is 654. The standard InChI is InChI=1S/C17H19N3O/c1-11-9-13(7-8-15(11)20-18)17(21)19-16-10-14(16)12-5-3-2-4-6-12/h2-9,14,16,20H,10,18H2,1H3,(H,19,21). The second-order valence-corrected chi connectivity index (χ2v) is 5.51. The molecule has 0 aliphatic heterocycles. The van der Waals surface area contributed by atoms with Crippen LogP contribution in [0.5, 0.6) is 0 Å². The first-order chi connectivity index (χ1) is 10.2. The number of aryl methyl sites for hydroxylation is 1. The maximum absolute atomic E-state index is 12.3. The van der Waals surface area contributed by atoms with Gasteiger partial charge in [-0.05, 0) is 42.7 Å². The van der Waals surface area contributed by atoms with Crippen molar-refractivity contribution in [2.45, 2.75) is 25.3 Å². The van der Waals surface area contributed by atoms with E-state index >= 15 is 0 Å². The molecule has 2 aromatic carbocycles. The average molecular weight is 281 g/mol. The van der Waals surface area contributed by atoms with Crippen molar-refractivity contribution < 1.29 is 4.79 Å². The lowest BCUT2D eigenvalue weighted by molar-refractivity contribution is 0.0950. The van der Waals surface area contributed by atoms with Gasteiger partial charge >= 0.3 is 0 Å². The van der Waals surface area contributed by atoms with Gasteiger partial charge in [0.25, 0.3) is 5.91 Å². The number of hydrogen-bond acceptors (Lipinski definition) is 3. The number of nitrogen functional groups attached to an aromatic ring is 1. The van der Waals surface area contributed by atoms with Crippen molar-refractivity contribution in [1.82, 2.24) is 5.32 Å². The first-order valence-electron chi connectivity index (χ1n) is 7.12. The summed E-state index contributed by atoms with van der Waals surface area (Å²) < 4.78 is 0. The number of carbonyl (C=O) groups is 1. The fraction of sp³-hybridized carbons (Fsp3) is 0.235. The van der Waals surface area contributed by atoms with Gasteiger partial charge in [-0.3, -0.25) is 10.6 Å². The summed E-state index contributed by atoms with van der Waals surface area (Å²) in [4.78, 5) is 12.3. The first-order valence-corrected chi connectivity index (χ1v) is 7.12. The highest BCUT2D eigenvalue weighted by Crippen LogP contribution is 2.40. The SMILES string of the molecule is Cc1cc(C(=O)NC2CC2c2ccccc2)ccc1NN. The molecule has 0 heterocycles. The number of hydrazine groups is 1. The molecule has 1 aliphatic rings. The van der Waals surface area contributed by atoms with Crippen LogP contribution in [0.2, 0.25) is 0 Å². The van der Waals surface area contributed by atoms with Gasteiger partial charge in [0, 0.05) is 17.5 Å². The highest BCUT2D eigenvalue weighted by molar-refractivity contribution is 5.95. The highest BCUT2D eigenvalue weighted by Gasteiger charge is 2.39. The van der Waals surface area contributed by atoms with Crippen molar-refractivity contribution in [1.29, 1.82) is 0 Å². The van der Waals surface area contributed by atoms with Crippen molar-refractivity contribution in [2.75, 3.05) is 5.43 Å². The van der Waals surface area contributed by atoms with Crippen molar-refractivity contribution in [3.63, 3.8) is 0 Å². The molecule has 108 valence electrons. The lowest BCUT2D eigenvalue weighted by atomic mass is 10.1. The van der Waals surface area contributed by atoms with E-state index in [9.17, 15) is 4.79 Å². The molecule has 0 spiro atoms. The summed E-state index contributed by atoms with van der Waals surface area (Å²) in [6, 6.07) is 16.0. The third-order valence-corrected chi connectivity index (χ3v) is 3.98. The van der Waals surface area contributed by atoms with E-state index < -0.39 is 0 Å². The van der Waals surface area contributed by atoms with Gasteiger partial charge in [0.15, 0.2) is 0 Å². The van der Waals surface area contributed by atoms with Crippen LogP contribution in [0.25, 0.3) is 0 Å². The quantitative estimate of drug-likeness (QED) is 0.596. The van der Waals surface area contributed by atoms with Gasteiger partial charge in [0.05, 0.1) is 5.69 Å². The number of hydrogen-bond donors (Lipinski definition) is 3. The minimum absolute atomic E-state index is 0.0231. The van der Waals surface area contributed by atoms with Crippen LogP contribution < -0.4 is 16.6 Å². The number of benzene rings is 2. The number of carbonyl (C=O) groups excluding carboxylic acids is 1. The molecule has 21 heavy (non-hydrogen) atoms. The molecule has 3 rings (SSSR count). The van der Waals surface area contributed by atoms with Crippen LogP contribution >= 0.6 is 0 Å². The number of nitrogens with two attached hydrogens (primary N) is 1. The zero-order chi connectivity index (χ0) is 14.8. The Morgan fingerprint density at radius 1 is 1.19 bits per heavy atom. The average Bonchev–Trinajstić information content (AvgIpc) is 3.27. The third-order valence-electron chi connectivity index (χ3n) is 3.98. The molecular formula is C17H19N3O. The Morgan fingerprint density at radius 3 is 2.62 bits per heavy atom. The number of anilines is 1. The second-order valence-electron chi connectivity index (χ2n) is 5.51. The molecule has 0 radical (unpaired) electrons. The zero-order valence-electron chi connectivity index (χ0n) is 12.0. The highest BCUT2D eigenvalue weighted by atomic mass is 16.1. The Labute approximate surface area is 124 Å². The summed E-state index contributed by atoms with van der Waals surface area (Å²) in [6.07, 6.45) is 1.01. The summed E-state index contributed by atoms with van der Waals surface area (Å²) >= 11 is 0. The summed E-state index contributed by atoms with van der Waals surface area (Å²) in [6.45, 7) is 1.93. The van der Waals surface area contributed by atoms with Gasteiger partial charge in [-0.2, -0.15) is 0 Å². The summed E-state index contributed by atoms with van der Waals surface area (Å²) in [5.74, 6) is 5.82. The fourth-order valence-corrected chi connectivity index (χ4v) is 2.64. The largest absolute Gasteiger partial charge is 0.349 e. The molecule has 1 amide bonds. The van der Waals surface area contributed by atoms with Crippen LogP contribution in [0, 0.1) is 6.92 Å². The minimum Gasteiger partial charge on any atom is -0.349 e. The molecule has 4 nitrogen and oxygen atoms in total. The van der Waals surface area contributed by atoms with E-state index in [1.807, 2.05) is 37.3 Å². The molecule has 0 aromatic heterocycles. The number of amides is 1. The van der Waals surface area contributed by atoms with E-state index in [0.717, 1.165) is 17.7 Å². The summed E-state index contributed by atoms with van der Waals surface area (Å²) in [7, 11) is 0. The van der Waals surface area contributed by atoms with E-state index in [2.05, 4.69) is 22.9 Å². The van der Waals surface area contributed by atoms with Crippen LogP contribution in [-0.4, -0.2) is 11.9 Å². The maximum atomic E-state index is 12.3. The van der Waals surface area contributed by atoms with Crippen LogP contribution in [0.3, 0.4) is 0 Å². The molecule has 2 atom stereocenters. The normalized spacial score (nSPS) is 19.9. The van der Waals surface area contributed by atoms with Crippen LogP contribution in [0.4, 0.5) is 5.69 Å². The number of nitrogens with one attached hydrogen (secondary N) is 2. The lowest BCUT2D eigenvalue weighted by Gasteiger charge is -2.08. The maximum Gasteiger partial charge on any atom is 0.251 e. The number of rotatable bonds is 4. The second kappa shape index (κ2) is 5.58. The minimum atomic E-state index is -0.0231. The van der Waals surface area contributed by atoms with Gasteiger partial charge in [0.2, 0.25) is 0 Å². The van der Waals surface area contributed by atoms with Crippen molar-refractivity contribution >= 4 is 11.6 Å². The Hall–Kier alpha value is -2.33. The Balaban J connectivity index is 1.64. The summed E-state index contributed by atoms with van der Waals surface area (Å²) in [5.41, 5.74) is 6.37. The predicted octanol–water partition coefficient (Wildman–Crippen LogP) is 2.57. The third kappa shape index (κ3) is 2.90. The van der Waals surface area contributed by atoms with Crippen LogP contribution in [0.1, 0.15) is 33.8 Å². The lowest BCUT2D eigenvalue weighted by Crippen LogP contribution is -2.26. The smallest absolute Gasteiger partial charge is 0.251 e. The van der Waals surface area contributed by atoms with E-state index in [-0.39, 0.29) is 11.9 Å². The molecular weight excluding hydrogens is 262 g/mol. The topological polar surface area (TPSA) is 67.2 Å². The van der Waals surface area contributed by atoms with E-state index in [0.29, 0.717) is 11.5 Å². The monoisotopic (exact) mass is 281 g/mol. The Morgan fingerprint density at radius 2 is 1.95 bits per heavy atom. The molecule has 2 aromatic rings. The molecule has 0 bridgehead atoms. The molecule has 1 saturated carbocycles. The zero-order valence-corrected chi connectivity index (χ0v) is 12.0. The van der Waals surface area contributed by atoms with Gasteiger partial charge in [-0.15, -0.1) is 0 Å². The van der Waals surface area contributed by atoms with E-state index in [4.69, 9.17) is 5.84 Å². The Kier molecular flexibility index (Phi) is 3.62. The van der Waals surface area contributed by atoms with Crippen molar-refractivity contribution in [3.8, 4) is 0 Å². The van der Waals surface area contributed by atoms with Crippen LogP contribution in [-0.2, 0) is 0 Å². The fourth-order valence-electron chi connectivity index (χ4n) is 2.64. The van der Waals surface area contributed by atoms with Crippen molar-refractivity contribution in [3.05, 3.63) is 65.2 Å². The van der Waals surface area contributed by atoms with E-state index in [1.54, 1.807) is 6.07 Å². The molecule has 4 heteroatoms. The van der Waals surface area contributed by atoms with Crippen molar-refractivity contribution in [2.24, 2.45) is 5.84 Å². The van der Waals surface area contributed by atoms with E-state index in [1.165, 1.54) is 5.56 Å². The molecule has 1 fully saturated rings. The van der Waals surface area contributed by atoms with Gasteiger partial charge in [0.1, 0.15) is 0 Å². The van der Waals surface area contributed by atoms with Gasteiger partial charge in [-0.25, -0.2) is 0 Å². The first kappa shape index (κ1) is 13.6. The summed E-state index contributed by atoms with van der Waals surface area (Å²) in [5, 5.41) is 3.09. The van der Waals surface area contributed by atoms with Crippen LogP contribution in [0.15, 0.2) is 48.5 Å². The van der Waals surface area contributed by atoms with Gasteiger partial charge < -0.3 is 10.7 Å². The molecule has 1 aliphatic carbocycles.